The monoisotopic (exact) mass is 267 g/mol. The Balaban J connectivity index is 3.54. The predicted molar refractivity (Wildman–Crippen MR) is 76.5 cm³/mol. The number of nitrogens with two attached hydrogens (primary N) is 1. The minimum absolute atomic E-state index is 0.444. The summed E-state index contributed by atoms with van der Waals surface area (Å²) in [6.45, 7) is 7.66. The largest absolute Gasteiger partial charge is 0.497 e. The maximum atomic E-state index is 11.2. The van der Waals surface area contributed by atoms with Gasteiger partial charge in [0.1, 0.15) is 17.1 Å². The minimum atomic E-state index is -1.22. The van der Waals surface area contributed by atoms with E-state index >= 15 is 0 Å². The van der Waals surface area contributed by atoms with E-state index in [1.54, 1.807) is 39.3 Å². The average Bonchev–Trinajstić information content (AvgIpc) is 2.35. The third-order valence-electron chi connectivity index (χ3n) is 3.62. The van der Waals surface area contributed by atoms with Crippen molar-refractivity contribution in [2.24, 2.45) is 11.1 Å². The van der Waals surface area contributed by atoms with Crippen molar-refractivity contribution in [1.29, 1.82) is 0 Å². The number of hydrogen-bond acceptors (Lipinski definition) is 4. The molecule has 108 valence electrons. The van der Waals surface area contributed by atoms with E-state index in [1.165, 1.54) is 0 Å². The Labute approximate surface area is 115 Å². The van der Waals surface area contributed by atoms with E-state index in [4.69, 9.17) is 15.2 Å². The molecule has 0 heterocycles. The molecule has 0 bridgehead atoms. The van der Waals surface area contributed by atoms with E-state index in [2.05, 4.69) is 0 Å². The van der Waals surface area contributed by atoms with Gasteiger partial charge in [-0.05, 0) is 30.5 Å². The van der Waals surface area contributed by atoms with Crippen LogP contribution in [-0.4, -0.2) is 25.4 Å². The molecule has 0 saturated carbocycles. The molecule has 0 saturated heterocycles. The van der Waals surface area contributed by atoms with Crippen LogP contribution in [0.3, 0.4) is 0 Å². The van der Waals surface area contributed by atoms with Crippen LogP contribution in [0.5, 0.6) is 11.5 Å². The quantitative estimate of drug-likeness (QED) is 0.878. The van der Waals surface area contributed by atoms with E-state index in [9.17, 15) is 5.11 Å². The Morgan fingerprint density at radius 3 is 2.11 bits per heavy atom. The average molecular weight is 267 g/mol. The molecule has 4 nitrogen and oxygen atoms in total. The van der Waals surface area contributed by atoms with E-state index in [-0.39, 0.29) is 0 Å². The molecule has 4 heteroatoms. The van der Waals surface area contributed by atoms with Gasteiger partial charge in [0, 0.05) is 11.6 Å². The molecule has 0 aromatic heterocycles. The Morgan fingerprint density at radius 1 is 1.16 bits per heavy atom. The van der Waals surface area contributed by atoms with Crippen molar-refractivity contribution >= 4 is 0 Å². The van der Waals surface area contributed by atoms with Crippen LogP contribution in [0.25, 0.3) is 0 Å². The van der Waals surface area contributed by atoms with Gasteiger partial charge in [0.25, 0.3) is 0 Å². The Morgan fingerprint density at radius 2 is 1.74 bits per heavy atom. The zero-order chi connectivity index (χ0) is 14.8. The maximum Gasteiger partial charge on any atom is 0.125 e. The van der Waals surface area contributed by atoms with Crippen LogP contribution in [0.1, 0.15) is 33.3 Å². The van der Waals surface area contributed by atoms with Crippen molar-refractivity contribution in [1.82, 2.24) is 0 Å². The first kappa shape index (κ1) is 15.8. The van der Waals surface area contributed by atoms with Crippen molar-refractivity contribution < 1.29 is 14.6 Å². The fraction of sp³-hybridized carbons (Fsp3) is 0.600. The predicted octanol–water partition coefficient (Wildman–Crippen LogP) is 2.28. The van der Waals surface area contributed by atoms with E-state index in [0.717, 1.165) is 0 Å². The lowest BCUT2D eigenvalue weighted by Gasteiger charge is -2.44. The second kappa shape index (κ2) is 5.39. The molecule has 1 aromatic carbocycles. The summed E-state index contributed by atoms with van der Waals surface area (Å²) in [4.78, 5) is 0. The highest BCUT2D eigenvalue weighted by Crippen LogP contribution is 2.45. The number of methoxy groups -OCH3 is 2. The lowest BCUT2D eigenvalue weighted by molar-refractivity contribution is -0.0822. The summed E-state index contributed by atoms with van der Waals surface area (Å²) < 4.78 is 10.6. The summed E-state index contributed by atoms with van der Waals surface area (Å²) in [7, 11) is 3.17. The van der Waals surface area contributed by atoms with Gasteiger partial charge in [0.05, 0.1) is 14.2 Å². The molecule has 0 spiro atoms. The summed E-state index contributed by atoms with van der Waals surface area (Å²) in [6, 6.07) is 4.92. The number of rotatable bonds is 4. The molecule has 0 aliphatic carbocycles. The number of benzene rings is 1. The fourth-order valence-electron chi connectivity index (χ4n) is 2.44. The lowest BCUT2D eigenvalue weighted by atomic mass is 9.68. The zero-order valence-electron chi connectivity index (χ0n) is 12.7. The molecule has 0 fully saturated rings. The molecule has 1 rings (SSSR count). The van der Waals surface area contributed by atoms with Gasteiger partial charge in [-0.2, -0.15) is 0 Å². The summed E-state index contributed by atoms with van der Waals surface area (Å²) in [6.07, 6.45) is 0. The van der Waals surface area contributed by atoms with Crippen molar-refractivity contribution in [3.8, 4) is 11.5 Å². The molecule has 0 aliphatic heterocycles. The summed E-state index contributed by atoms with van der Waals surface area (Å²) >= 11 is 0. The molecular weight excluding hydrogens is 242 g/mol. The van der Waals surface area contributed by atoms with Crippen LogP contribution in [0, 0.1) is 5.41 Å². The van der Waals surface area contributed by atoms with E-state index in [1.807, 2.05) is 20.8 Å². The molecule has 19 heavy (non-hydrogen) atoms. The van der Waals surface area contributed by atoms with Crippen LogP contribution in [0.15, 0.2) is 18.2 Å². The third kappa shape index (κ3) is 2.69. The lowest BCUT2D eigenvalue weighted by Crippen LogP contribution is -2.52. The van der Waals surface area contributed by atoms with Crippen LogP contribution in [-0.2, 0) is 5.60 Å². The normalized spacial score (nSPS) is 16.6. The van der Waals surface area contributed by atoms with Crippen LogP contribution in [0.2, 0.25) is 0 Å². The van der Waals surface area contributed by atoms with Gasteiger partial charge in [0.15, 0.2) is 0 Å². The first-order valence-electron chi connectivity index (χ1n) is 6.39. The van der Waals surface area contributed by atoms with Crippen molar-refractivity contribution in [2.75, 3.05) is 14.2 Å². The molecule has 1 aromatic rings. The zero-order valence-corrected chi connectivity index (χ0v) is 12.7. The molecule has 2 atom stereocenters. The molecule has 3 N–H and O–H groups in total. The third-order valence-corrected chi connectivity index (χ3v) is 3.62. The van der Waals surface area contributed by atoms with Crippen molar-refractivity contribution in [3.63, 3.8) is 0 Å². The fourth-order valence-corrected chi connectivity index (χ4v) is 2.44. The van der Waals surface area contributed by atoms with Gasteiger partial charge in [-0.1, -0.05) is 20.8 Å². The molecule has 2 unspecified atom stereocenters. The summed E-state index contributed by atoms with van der Waals surface area (Å²) in [5, 5.41) is 11.2. The summed E-state index contributed by atoms with van der Waals surface area (Å²) in [5.74, 6) is 1.27. The standard InChI is InChI=1S/C15H25NO3/c1-10(16)15(17,14(2,3)4)12-9-11(18-5)7-8-13(12)19-6/h7-10,17H,16H2,1-6H3. The smallest absolute Gasteiger partial charge is 0.125 e. The second-order valence-electron chi connectivity index (χ2n) is 5.87. The molecule has 0 aliphatic rings. The van der Waals surface area contributed by atoms with Crippen molar-refractivity contribution in [2.45, 2.75) is 39.3 Å². The van der Waals surface area contributed by atoms with Crippen LogP contribution < -0.4 is 15.2 Å². The minimum Gasteiger partial charge on any atom is -0.497 e. The second-order valence-corrected chi connectivity index (χ2v) is 5.87. The van der Waals surface area contributed by atoms with Gasteiger partial charge in [-0.3, -0.25) is 0 Å². The van der Waals surface area contributed by atoms with Gasteiger partial charge in [-0.25, -0.2) is 0 Å². The highest BCUT2D eigenvalue weighted by atomic mass is 16.5. The maximum absolute atomic E-state index is 11.2. The first-order chi connectivity index (χ1) is 8.68. The van der Waals surface area contributed by atoms with Gasteiger partial charge < -0.3 is 20.3 Å². The topological polar surface area (TPSA) is 64.7 Å². The SMILES string of the molecule is COc1ccc(OC)c(C(O)(C(C)N)C(C)(C)C)c1. The Bertz CT molecular complexity index is 438. The van der Waals surface area contributed by atoms with Gasteiger partial charge in [-0.15, -0.1) is 0 Å². The highest BCUT2D eigenvalue weighted by Gasteiger charge is 2.46. The van der Waals surface area contributed by atoms with E-state index in [0.29, 0.717) is 17.1 Å². The Kier molecular flexibility index (Phi) is 4.48. The van der Waals surface area contributed by atoms with Crippen LogP contribution in [0.4, 0.5) is 0 Å². The molecule has 0 amide bonds. The highest BCUT2D eigenvalue weighted by molar-refractivity contribution is 5.45. The molecule has 0 radical (unpaired) electrons. The van der Waals surface area contributed by atoms with Crippen molar-refractivity contribution in [3.05, 3.63) is 23.8 Å². The first-order valence-corrected chi connectivity index (χ1v) is 6.39. The number of aliphatic hydroxyl groups is 1. The Hall–Kier alpha value is -1.26. The summed E-state index contributed by atoms with van der Waals surface area (Å²) in [5.41, 5.74) is 5.05. The number of hydrogen-bond donors (Lipinski definition) is 2. The number of ether oxygens (including phenoxy) is 2. The van der Waals surface area contributed by atoms with Crippen LogP contribution >= 0.6 is 0 Å². The van der Waals surface area contributed by atoms with Gasteiger partial charge in [0.2, 0.25) is 0 Å². The van der Waals surface area contributed by atoms with E-state index < -0.39 is 17.1 Å². The van der Waals surface area contributed by atoms with Gasteiger partial charge >= 0.3 is 0 Å². The molecular formula is C15H25NO3.